The molecule has 0 saturated heterocycles. The molecule has 3 rings (SSSR count). The smallest absolute Gasteiger partial charge is 0.191 e. The molecule has 7 heteroatoms. The number of hydrogen-bond donors (Lipinski definition) is 2. The molecule has 2 N–H and O–H groups in total. The number of aromatic nitrogens is 3. The number of aliphatic imine (C=N–C) groups is 1. The summed E-state index contributed by atoms with van der Waals surface area (Å²) in [6, 6.07) is 7.77. The highest BCUT2D eigenvalue weighted by atomic mass is 35.5. The van der Waals surface area contributed by atoms with E-state index in [1.165, 1.54) is 12.8 Å². The van der Waals surface area contributed by atoms with E-state index in [0.29, 0.717) is 13.1 Å². The molecule has 2 heterocycles. The quantitative estimate of drug-likeness (QED) is 0.665. The lowest BCUT2D eigenvalue weighted by Crippen LogP contribution is -2.37. The second-order valence-electron chi connectivity index (χ2n) is 5.55. The maximum absolute atomic E-state index is 5.89. The van der Waals surface area contributed by atoms with Gasteiger partial charge in [0.15, 0.2) is 11.8 Å². The molecule has 0 saturated carbocycles. The molecule has 122 valence electrons. The summed E-state index contributed by atoms with van der Waals surface area (Å²) in [6.07, 6.45) is 3.42. The number of rotatable bonds is 4. The van der Waals surface area contributed by atoms with Crippen molar-refractivity contribution in [2.45, 2.75) is 38.9 Å². The van der Waals surface area contributed by atoms with Crippen LogP contribution in [0.5, 0.6) is 0 Å². The number of halogens is 1. The van der Waals surface area contributed by atoms with E-state index in [9.17, 15) is 0 Å². The third-order valence-corrected chi connectivity index (χ3v) is 4.20. The van der Waals surface area contributed by atoms with E-state index in [2.05, 4.69) is 30.4 Å². The van der Waals surface area contributed by atoms with E-state index in [-0.39, 0.29) is 0 Å². The van der Waals surface area contributed by atoms with Gasteiger partial charge in [-0.15, -0.1) is 10.2 Å². The summed E-state index contributed by atoms with van der Waals surface area (Å²) in [5.74, 6) is 2.81. The number of fused-ring (bicyclic) bond motifs is 1. The largest absolute Gasteiger partial charge is 0.352 e. The highest BCUT2D eigenvalue weighted by Crippen LogP contribution is 2.14. The number of aryl methyl sites for hydroxylation is 1. The van der Waals surface area contributed by atoms with E-state index < -0.39 is 0 Å². The fourth-order valence-corrected chi connectivity index (χ4v) is 2.80. The van der Waals surface area contributed by atoms with Crippen molar-refractivity contribution >= 4 is 17.6 Å². The SMILES string of the molecule is CN=C(NCc1ccc(Cl)cc1)NCc1nnc2n1CCCC2. The highest BCUT2D eigenvalue weighted by Gasteiger charge is 2.15. The molecular weight excluding hydrogens is 312 g/mol. The molecule has 0 aliphatic carbocycles. The number of nitrogens with zero attached hydrogens (tertiary/aromatic N) is 4. The molecule has 0 fully saturated rings. The zero-order valence-electron chi connectivity index (χ0n) is 13.2. The van der Waals surface area contributed by atoms with Gasteiger partial charge in [-0.3, -0.25) is 4.99 Å². The minimum absolute atomic E-state index is 0.618. The summed E-state index contributed by atoms with van der Waals surface area (Å²) in [5.41, 5.74) is 1.15. The Balaban J connectivity index is 1.54. The zero-order chi connectivity index (χ0) is 16.1. The van der Waals surface area contributed by atoms with Crippen LogP contribution in [-0.4, -0.2) is 27.8 Å². The summed E-state index contributed by atoms with van der Waals surface area (Å²) in [7, 11) is 1.76. The average molecular weight is 333 g/mol. The highest BCUT2D eigenvalue weighted by molar-refractivity contribution is 6.30. The van der Waals surface area contributed by atoms with Crippen LogP contribution in [-0.2, 0) is 26.1 Å². The summed E-state index contributed by atoms with van der Waals surface area (Å²) < 4.78 is 2.21. The van der Waals surface area contributed by atoms with Crippen LogP contribution in [0.15, 0.2) is 29.3 Å². The topological polar surface area (TPSA) is 67.1 Å². The van der Waals surface area contributed by atoms with Crippen molar-refractivity contribution in [3.05, 3.63) is 46.5 Å². The number of hydrogen-bond acceptors (Lipinski definition) is 3. The molecule has 1 aliphatic rings. The Morgan fingerprint density at radius 1 is 1.17 bits per heavy atom. The van der Waals surface area contributed by atoms with E-state index in [1.807, 2.05) is 24.3 Å². The number of nitrogens with one attached hydrogen (secondary N) is 2. The monoisotopic (exact) mass is 332 g/mol. The predicted molar refractivity (Wildman–Crippen MR) is 91.5 cm³/mol. The molecule has 0 spiro atoms. The van der Waals surface area contributed by atoms with Gasteiger partial charge in [-0.05, 0) is 30.5 Å². The maximum Gasteiger partial charge on any atom is 0.191 e. The Labute approximate surface area is 141 Å². The van der Waals surface area contributed by atoms with Crippen LogP contribution in [0.2, 0.25) is 5.02 Å². The zero-order valence-corrected chi connectivity index (χ0v) is 14.0. The van der Waals surface area contributed by atoms with Gasteiger partial charge in [0.25, 0.3) is 0 Å². The van der Waals surface area contributed by atoms with Gasteiger partial charge in [-0.25, -0.2) is 0 Å². The number of guanidine groups is 1. The minimum Gasteiger partial charge on any atom is -0.352 e. The van der Waals surface area contributed by atoms with Crippen LogP contribution in [0.1, 0.15) is 30.1 Å². The lowest BCUT2D eigenvalue weighted by atomic mass is 10.2. The second kappa shape index (κ2) is 7.46. The van der Waals surface area contributed by atoms with E-state index in [4.69, 9.17) is 11.6 Å². The summed E-state index contributed by atoms with van der Waals surface area (Å²) in [4.78, 5) is 4.24. The summed E-state index contributed by atoms with van der Waals surface area (Å²) in [6.45, 7) is 2.32. The van der Waals surface area contributed by atoms with E-state index in [1.54, 1.807) is 7.05 Å². The molecule has 0 unspecified atom stereocenters. The van der Waals surface area contributed by atoms with Crippen LogP contribution in [0.25, 0.3) is 0 Å². The van der Waals surface area contributed by atoms with Crippen molar-refractivity contribution in [3.63, 3.8) is 0 Å². The first-order valence-electron chi connectivity index (χ1n) is 7.86. The van der Waals surface area contributed by atoms with Crippen molar-refractivity contribution < 1.29 is 0 Å². The average Bonchev–Trinajstić information content (AvgIpc) is 3.00. The van der Waals surface area contributed by atoms with Crippen molar-refractivity contribution in [1.82, 2.24) is 25.4 Å². The molecule has 6 nitrogen and oxygen atoms in total. The third-order valence-electron chi connectivity index (χ3n) is 3.95. The third kappa shape index (κ3) is 4.01. The lowest BCUT2D eigenvalue weighted by Gasteiger charge is -2.16. The predicted octanol–water partition coefficient (Wildman–Crippen LogP) is 2.13. The van der Waals surface area contributed by atoms with Gasteiger partial charge in [0.1, 0.15) is 5.82 Å². The van der Waals surface area contributed by atoms with Gasteiger partial charge in [-0.1, -0.05) is 23.7 Å². The van der Waals surface area contributed by atoms with Crippen molar-refractivity contribution in [2.24, 2.45) is 4.99 Å². The minimum atomic E-state index is 0.618. The van der Waals surface area contributed by atoms with Crippen LogP contribution in [0.3, 0.4) is 0 Å². The van der Waals surface area contributed by atoms with Crippen LogP contribution < -0.4 is 10.6 Å². The van der Waals surface area contributed by atoms with Gasteiger partial charge in [0, 0.05) is 31.6 Å². The van der Waals surface area contributed by atoms with Gasteiger partial charge >= 0.3 is 0 Å². The van der Waals surface area contributed by atoms with Gasteiger partial charge < -0.3 is 15.2 Å². The molecule has 1 aromatic carbocycles. The second-order valence-corrected chi connectivity index (χ2v) is 5.98. The molecule has 1 aromatic heterocycles. The molecular formula is C16H21ClN6. The molecule has 0 radical (unpaired) electrons. The van der Waals surface area contributed by atoms with E-state index >= 15 is 0 Å². The number of benzene rings is 1. The van der Waals surface area contributed by atoms with Crippen molar-refractivity contribution in [3.8, 4) is 0 Å². The van der Waals surface area contributed by atoms with Crippen molar-refractivity contribution in [1.29, 1.82) is 0 Å². The van der Waals surface area contributed by atoms with Crippen LogP contribution in [0, 0.1) is 0 Å². The Kier molecular flexibility index (Phi) is 5.12. The van der Waals surface area contributed by atoms with Crippen molar-refractivity contribution in [2.75, 3.05) is 7.05 Å². The summed E-state index contributed by atoms with van der Waals surface area (Å²) in [5, 5.41) is 15.9. The van der Waals surface area contributed by atoms with Gasteiger partial charge in [-0.2, -0.15) is 0 Å². The van der Waals surface area contributed by atoms with E-state index in [0.717, 1.165) is 41.2 Å². The van der Waals surface area contributed by atoms with Crippen LogP contribution in [0.4, 0.5) is 0 Å². The first-order chi connectivity index (χ1) is 11.3. The summed E-state index contributed by atoms with van der Waals surface area (Å²) >= 11 is 5.89. The molecule has 2 aromatic rings. The first kappa shape index (κ1) is 15.8. The first-order valence-corrected chi connectivity index (χ1v) is 8.24. The Morgan fingerprint density at radius 3 is 2.74 bits per heavy atom. The normalized spacial score (nSPS) is 14.4. The standard InChI is InChI=1S/C16H21ClN6/c1-18-16(19-10-12-5-7-13(17)8-6-12)20-11-15-22-21-14-4-2-3-9-23(14)15/h5-8H,2-4,9-11H2,1H3,(H2,18,19,20). The molecule has 0 amide bonds. The molecule has 0 atom stereocenters. The maximum atomic E-state index is 5.89. The Morgan fingerprint density at radius 2 is 1.96 bits per heavy atom. The Bertz CT molecular complexity index is 676. The molecule has 0 bridgehead atoms. The van der Waals surface area contributed by atoms with Crippen LogP contribution >= 0.6 is 11.6 Å². The fourth-order valence-electron chi connectivity index (χ4n) is 2.67. The van der Waals surface area contributed by atoms with Gasteiger partial charge in [0.2, 0.25) is 0 Å². The molecule has 23 heavy (non-hydrogen) atoms. The Hall–Kier alpha value is -2.08. The lowest BCUT2D eigenvalue weighted by molar-refractivity contribution is 0.504. The fraction of sp³-hybridized carbons (Fsp3) is 0.438. The van der Waals surface area contributed by atoms with Gasteiger partial charge in [0.05, 0.1) is 6.54 Å². The molecule has 1 aliphatic heterocycles.